The average molecular weight is 387 g/mol. The number of ether oxygens (including phenoxy) is 1. The molecular formula is C27H46O. The van der Waals surface area contributed by atoms with Crippen LogP contribution < -0.4 is 0 Å². The van der Waals surface area contributed by atoms with Gasteiger partial charge in [-0.3, -0.25) is 0 Å². The molecule has 4 aliphatic carbocycles. The molecule has 0 amide bonds. The van der Waals surface area contributed by atoms with Crippen molar-refractivity contribution in [2.24, 2.45) is 40.4 Å². The third-order valence-electron chi connectivity index (χ3n) is 10.2. The summed E-state index contributed by atoms with van der Waals surface area (Å²) >= 11 is 0. The molecule has 0 N–H and O–H groups in total. The minimum absolute atomic E-state index is 0.478. The molecule has 7 atom stereocenters. The van der Waals surface area contributed by atoms with Crippen molar-refractivity contribution in [1.82, 2.24) is 0 Å². The summed E-state index contributed by atoms with van der Waals surface area (Å²) in [7, 11) is 1.91. The van der Waals surface area contributed by atoms with Crippen molar-refractivity contribution in [2.45, 2.75) is 111 Å². The zero-order chi connectivity index (χ0) is 19.9. The maximum absolute atomic E-state index is 5.74. The van der Waals surface area contributed by atoms with E-state index in [1.165, 1.54) is 77.0 Å². The molecule has 0 spiro atoms. The van der Waals surface area contributed by atoms with Crippen LogP contribution in [-0.4, -0.2) is 13.2 Å². The topological polar surface area (TPSA) is 9.23 Å². The van der Waals surface area contributed by atoms with Gasteiger partial charge in [0.15, 0.2) is 0 Å². The summed E-state index contributed by atoms with van der Waals surface area (Å²) in [6.45, 7) is 10.1. The maximum atomic E-state index is 5.74. The monoisotopic (exact) mass is 386 g/mol. The summed E-state index contributed by atoms with van der Waals surface area (Å²) < 4.78 is 5.74. The van der Waals surface area contributed by atoms with E-state index in [1.54, 1.807) is 5.57 Å². The lowest BCUT2D eigenvalue weighted by Crippen LogP contribution is -2.50. The summed E-state index contributed by atoms with van der Waals surface area (Å²) in [6, 6.07) is 0. The van der Waals surface area contributed by atoms with Crippen LogP contribution in [0.15, 0.2) is 11.6 Å². The molecule has 0 heterocycles. The Labute approximate surface area is 175 Å². The predicted molar refractivity (Wildman–Crippen MR) is 119 cm³/mol. The molecule has 0 radical (unpaired) electrons. The van der Waals surface area contributed by atoms with E-state index in [2.05, 4.69) is 33.8 Å². The molecule has 0 aromatic rings. The highest BCUT2D eigenvalue weighted by molar-refractivity contribution is 5.25. The summed E-state index contributed by atoms with van der Waals surface area (Å²) in [5, 5.41) is 0. The van der Waals surface area contributed by atoms with E-state index < -0.39 is 0 Å². The van der Waals surface area contributed by atoms with Gasteiger partial charge in [-0.25, -0.2) is 0 Å². The zero-order valence-corrected chi connectivity index (χ0v) is 19.4. The Hall–Kier alpha value is -0.300. The van der Waals surface area contributed by atoms with Crippen molar-refractivity contribution in [3.8, 4) is 0 Å². The molecule has 4 unspecified atom stereocenters. The Morgan fingerprint density at radius 1 is 1.04 bits per heavy atom. The first-order chi connectivity index (χ1) is 13.4. The Morgan fingerprint density at radius 2 is 1.86 bits per heavy atom. The maximum Gasteiger partial charge on any atom is 0.0608 e. The third kappa shape index (κ3) is 3.52. The number of rotatable bonds is 6. The lowest BCUT2D eigenvalue weighted by atomic mass is 9.47. The second-order valence-corrected chi connectivity index (χ2v) is 11.9. The zero-order valence-electron chi connectivity index (χ0n) is 19.4. The molecule has 1 nitrogen and oxygen atoms in total. The highest BCUT2D eigenvalue weighted by Crippen LogP contribution is 2.66. The summed E-state index contributed by atoms with van der Waals surface area (Å²) in [4.78, 5) is 0. The first-order valence-corrected chi connectivity index (χ1v) is 12.6. The minimum Gasteiger partial charge on any atom is -0.381 e. The highest BCUT2D eigenvalue weighted by Gasteiger charge is 2.58. The number of hydrogen-bond acceptors (Lipinski definition) is 1. The predicted octanol–water partition coefficient (Wildman–Crippen LogP) is 7.80. The Morgan fingerprint density at radius 3 is 2.61 bits per heavy atom. The van der Waals surface area contributed by atoms with Gasteiger partial charge in [-0.15, -0.1) is 0 Å². The standard InChI is InChI=1S/C27H46O/c1-19(2)8-6-7-9-20-11-13-24-23-12-10-21-18-22(28-5)14-16-27(21,4)25(23)15-17-26(20,24)3/h10,19-20,22-25H,6-9,11-18H2,1-5H3/t20-,22?,23?,24?,25?,26+,27-/m0/s1. The molecule has 4 aliphatic rings. The van der Waals surface area contributed by atoms with E-state index in [9.17, 15) is 0 Å². The van der Waals surface area contributed by atoms with Gasteiger partial charge in [0.05, 0.1) is 6.10 Å². The number of unbranched alkanes of at least 4 members (excludes halogenated alkanes) is 1. The second-order valence-electron chi connectivity index (χ2n) is 11.9. The fourth-order valence-corrected chi connectivity index (χ4v) is 8.36. The SMILES string of the molecule is COC1CC[C@@]2(C)C(=CCC3C2CC[C@@]2(C)C3CC[C@@H]2CCCCC(C)C)C1. The third-order valence-corrected chi connectivity index (χ3v) is 10.2. The van der Waals surface area contributed by atoms with Crippen molar-refractivity contribution in [3.05, 3.63) is 11.6 Å². The molecule has 0 saturated heterocycles. The molecule has 0 aromatic heterocycles. The van der Waals surface area contributed by atoms with Crippen molar-refractivity contribution < 1.29 is 4.74 Å². The lowest BCUT2D eigenvalue weighted by molar-refractivity contribution is -0.0542. The van der Waals surface area contributed by atoms with Gasteiger partial charge in [0.1, 0.15) is 0 Å². The van der Waals surface area contributed by atoms with E-state index >= 15 is 0 Å². The quantitative estimate of drug-likeness (QED) is 0.334. The first kappa shape index (κ1) is 21.0. The number of fused-ring (bicyclic) bond motifs is 5. The Bertz CT molecular complexity index is 577. The van der Waals surface area contributed by atoms with E-state index in [1.807, 2.05) is 7.11 Å². The molecule has 0 aliphatic heterocycles. The van der Waals surface area contributed by atoms with Crippen molar-refractivity contribution in [3.63, 3.8) is 0 Å². The van der Waals surface area contributed by atoms with Gasteiger partial charge in [-0.05, 0) is 98.2 Å². The van der Waals surface area contributed by atoms with Gasteiger partial charge in [0, 0.05) is 7.11 Å². The smallest absolute Gasteiger partial charge is 0.0608 e. The number of methoxy groups -OCH3 is 1. The van der Waals surface area contributed by atoms with Gasteiger partial charge >= 0.3 is 0 Å². The second kappa shape index (κ2) is 8.09. The summed E-state index contributed by atoms with van der Waals surface area (Å²) in [5.41, 5.74) is 2.89. The Kier molecular flexibility index (Phi) is 6.05. The van der Waals surface area contributed by atoms with E-state index in [0.717, 1.165) is 29.6 Å². The molecule has 160 valence electrons. The molecule has 4 rings (SSSR count). The normalized spacial score (nSPS) is 45.4. The van der Waals surface area contributed by atoms with Crippen LogP contribution in [0.1, 0.15) is 105 Å². The van der Waals surface area contributed by atoms with Gasteiger partial charge in [-0.2, -0.15) is 0 Å². The fourth-order valence-electron chi connectivity index (χ4n) is 8.36. The molecule has 3 saturated carbocycles. The summed E-state index contributed by atoms with van der Waals surface area (Å²) in [6.07, 6.45) is 20.3. The molecule has 28 heavy (non-hydrogen) atoms. The molecule has 0 bridgehead atoms. The van der Waals surface area contributed by atoms with Crippen LogP contribution in [0.4, 0.5) is 0 Å². The van der Waals surface area contributed by atoms with Gasteiger partial charge in [0.2, 0.25) is 0 Å². The molecule has 3 fully saturated rings. The Balaban J connectivity index is 1.45. The number of hydrogen-bond donors (Lipinski definition) is 0. The molecule has 0 aromatic carbocycles. The van der Waals surface area contributed by atoms with E-state index in [4.69, 9.17) is 4.74 Å². The van der Waals surface area contributed by atoms with Crippen molar-refractivity contribution in [1.29, 1.82) is 0 Å². The van der Waals surface area contributed by atoms with Gasteiger partial charge < -0.3 is 4.74 Å². The fraction of sp³-hybridized carbons (Fsp3) is 0.926. The first-order valence-electron chi connectivity index (χ1n) is 12.6. The minimum atomic E-state index is 0.478. The van der Waals surface area contributed by atoms with Gasteiger partial charge in [0.25, 0.3) is 0 Å². The van der Waals surface area contributed by atoms with Crippen LogP contribution in [0.2, 0.25) is 0 Å². The van der Waals surface area contributed by atoms with E-state index in [0.29, 0.717) is 16.9 Å². The van der Waals surface area contributed by atoms with Crippen LogP contribution in [0, 0.1) is 40.4 Å². The number of allylic oxidation sites excluding steroid dienone is 1. The largest absolute Gasteiger partial charge is 0.381 e. The van der Waals surface area contributed by atoms with Crippen LogP contribution in [0.25, 0.3) is 0 Å². The summed E-state index contributed by atoms with van der Waals surface area (Å²) in [5.74, 6) is 4.79. The van der Waals surface area contributed by atoms with Gasteiger partial charge in [-0.1, -0.05) is 58.6 Å². The van der Waals surface area contributed by atoms with Crippen LogP contribution in [-0.2, 0) is 4.74 Å². The average Bonchev–Trinajstić information content (AvgIpc) is 3.01. The lowest BCUT2D eigenvalue weighted by Gasteiger charge is -2.58. The van der Waals surface area contributed by atoms with Crippen LogP contribution in [0.5, 0.6) is 0 Å². The van der Waals surface area contributed by atoms with E-state index in [-0.39, 0.29) is 0 Å². The van der Waals surface area contributed by atoms with Crippen LogP contribution >= 0.6 is 0 Å². The van der Waals surface area contributed by atoms with Crippen molar-refractivity contribution >= 4 is 0 Å². The van der Waals surface area contributed by atoms with Crippen LogP contribution in [0.3, 0.4) is 0 Å². The molecule has 1 heteroatoms. The molecular weight excluding hydrogens is 340 g/mol. The van der Waals surface area contributed by atoms with Crippen molar-refractivity contribution in [2.75, 3.05) is 7.11 Å². The highest BCUT2D eigenvalue weighted by atomic mass is 16.5.